The van der Waals surface area contributed by atoms with E-state index in [1.165, 1.54) is 17.4 Å². The number of rotatable bonds is 4. The molecule has 104 valence electrons. The van der Waals surface area contributed by atoms with Crippen molar-refractivity contribution in [2.24, 2.45) is 0 Å². The van der Waals surface area contributed by atoms with Crippen LogP contribution in [0.4, 0.5) is 0 Å². The highest BCUT2D eigenvalue weighted by atomic mass is 32.1. The smallest absolute Gasteiger partial charge is 0.348 e. The lowest BCUT2D eigenvalue weighted by Gasteiger charge is -2.17. The molecule has 1 aromatic rings. The first-order valence-corrected chi connectivity index (χ1v) is 6.81. The van der Waals surface area contributed by atoms with Crippen LogP contribution in [0, 0.1) is 0 Å². The van der Waals surface area contributed by atoms with Gasteiger partial charge < -0.3 is 9.47 Å². The highest BCUT2D eigenvalue weighted by Crippen LogP contribution is 2.19. The van der Waals surface area contributed by atoms with E-state index < -0.39 is 11.6 Å². The summed E-state index contributed by atoms with van der Waals surface area (Å²) < 4.78 is 10.0. The fourth-order valence-corrected chi connectivity index (χ4v) is 2.04. The largest absolute Gasteiger partial charge is 0.462 e. The van der Waals surface area contributed by atoms with Gasteiger partial charge in [0.05, 0.1) is 6.61 Å². The summed E-state index contributed by atoms with van der Waals surface area (Å²) in [6, 6.07) is 3.44. The first-order chi connectivity index (χ1) is 8.81. The van der Waals surface area contributed by atoms with Crippen molar-refractivity contribution in [3.8, 4) is 0 Å². The zero-order valence-electron chi connectivity index (χ0n) is 11.6. The van der Waals surface area contributed by atoms with Crippen LogP contribution >= 0.6 is 11.3 Å². The zero-order chi connectivity index (χ0) is 14.5. The summed E-state index contributed by atoms with van der Waals surface area (Å²) >= 11 is 1.27. The molecule has 0 bridgehead atoms. The molecule has 0 unspecified atom stereocenters. The van der Waals surface area contributed by atoms with E-state index in [1.54, 1.807) is 25.1 Å². The van der Waals surface area contributed by atoms with Gasteiger partial charge in [0.2, 0.25) is 0 Å². The van der Waals surface area contributed by atoms with Crippen molar-refractivity contribution in [2.75, 3.05) is 6.61 Å². The van der Waals surface area contributed by atoms with Crippen LogP contribution in [0.25, 0.3) is 6.08 Å². The minimum absolute atomic E-state index is 0.343. The highest BCUT2D eigenvalue weighted by molar-refractivity contribution is 7.14. The van der Waals surface area contributed by atoms with E-state index in [2.05, 4.69) is 0 Å². The quantitative estimate of drug-likeness (QED) is 0.628. The topological polar surface area (TPSA) is 52.6 Å². The summed E-state index contributed by atoms with van der Waals surface area (Å²) in [5.74, 6) is -0.747. The van der Waals surface area contributed by atoms with Crippen LogP contribution < -0.4 is 0 Å². The molecule has 0 fully saturated rings. The number of carbonyl (C=O) groups is 2. The van der Waals surface area contributed by atoms with Crippen LogP contribution in [0.5, 0.6) is 0 Å². The number of ether oxygens (including phenoxy) is 2. The molecule has 0 aliphatic heterocycles. The van der Waals surface area contributed by atoms with Crippen molar-refractivity contribution in [3.63, 3.8) is 0 Å². The second-order valence-corrected chi connectivity index (χ2v) is 5.90. The third kappa shape index (κ3) is 5.70. The molecule has 5 heteroatoms. The Labute approximate surface area is 117 Å². The van der Waals surface area contributed by atoms with Crippen LogP contribution in [0.15, 0.2) is 18.2 Å². The van der Waals surface area contributed by atoms with E-state index in [-0.39, 0.29) is 5.97 Å². The molecular formula is C14H18O4S. The monoisotopic (exact) mass is 282 g/mol. The maximum atomic E-state index is 11.5. The first-order valence-electron chi connectivity index (χ1n) is 6.00. The second kappa shape index (κ2) is 6.52. The van der Waals surface area contributed by atoms with Gasteiger partial charge in [0.25, 0.3) is 0 Å². The maximum absolute atomic E-state index is 11.5. The number of hydrogen-bond acceptors (Lipinski definition) is 5. The molecule has 0 aromatic carbocycles. The summed E-state index contributed by atoms with van der Waals surface area (Å²) in [6.07, 6.45) is 2.98. The molecule has 0 aliphatic carbocycles. The molecule has 0 amide bonds. The number of hydrogen-bond donors (Lipinski definition) is 0. The molecule has 0 saturated carbocycles. The Bertz CT molecular complexity index is 480. The lowest BCUT2D eigenvalue weighted by Crippen LogP contribution is -2.22. The van der Waals surface area contributed by atoms with Crippen LogP contribution in [0.3, 0.4) is 0 Å². The molecule has 0 N–H and O–H groups in total. The fraction of sp³-hybridized carbons (Fsp3) is 0.429. The summed E-state index contributed by atoms with van der Waals surface area (Å²) in [5.41, 5.74) is -0.507. The average molecular weight is 282 g/mol. The molecule has 1 rings (SSSR count). The van der Waals surface area contributed by atoms with Crippen molar-refractivity contribution in [1.29, 1.82) is 0 Å². The van der Waals surface area contributed by atoms with Crippen molar-refractivity contribution in [1.82, 2.24) is 0 Å². The van der Waals surface area contributed by atoms with E-state index >= 15 is 0 Å². The van der Waals surface area contributed by atoms with Gasteiger partial charge in [-0.3, -0.25) is 0 Å². The van der Waals surface area contributed by atoms with Crippen molar-refractivity contribution < 1.29 is 19.1 Å². The van der Waals surface area contributed by atoms with Gasteiger partial charge >= 0.3 is 11.9 Å². The van der Waals surface area contributed by atoms with Crippen LogP contribution in [-0.4, -0.2) is 24.1 Å². The summed E-state index contributed by atoms with van der Waals surface area (Å²) in [5, 5.41) is 0. The molecule has 0 aliphatic rings. The van der Waals surface area contributed by atoms with Gasteiger partial charge in [-0.25, -0.2) is 9.59 Å². The van der Waals surface area contributed by atoms with E-state index in [1.807, 2.05) is 20.8 Å². The van der Waals surface area contributed by atoms with E-state index in [4.69, 9.17) is 9.47 Å². The molecule has 1 heterocycles. The number of thiophene rings is 1. The molecule has 0 atom stereocenters. The Morgan fingerprint density at radius 1 is 1.32 bits per heavy atom. The van der Waals surface area contributed by atoms with E-state index in [0.717, 1.165) is 4.88 Å². The molecular weight excluding hydrogens is 264 g/mol. The van der Waals surface area contributed by atoms with Gasteiger partial charge in [0, 0.05) is 11.0 Å². The predicted octanol–water partition coefficient (Wildman–Crippen LogP) is 3.28. The third-order valence-electron chi connectivity index (χ3n) is 1.89. The summed E-state index contributed by atoms with van der Waals surface area (Å²) in [4.78, 5) is 24.3. The highest BCUT2D eigenvalue weighted by Gasteiger charge is 2.14. The molecule has 1 aromatic heterocycles. The molecule has 19 heavy (non-hydrogen) atoms. The molecule has 4 nitrogen and oxygen atoms in total. The van der Waals surface area contributed by atoms with Crippen LogP contribution in [-0.2, 0) is 14.3 Å². The van der Waals surface area contributed by atoms with E-state index in [0.29, 0.717) is 11.5 Å². The van der Waals surface area contributed by atoms with Gasteiger partial charge in [0.15, 0.2) is 0 Å². The minimum atomic E-state index is -0.507. The van der Waals surface area contributed by atoms with Gasteiger partial charge in [-0.1, -0.05) is 0 Å². The van der Waals surface area contributed by atoms with Gasteiger partial charge in [-0.15, -0.1) is 11.3 Å². The maximum Gasteiger partial charge on any atom is 0.348 e. The summed E-state index contributed by atoms with van der Waals surface area (Å²) in [7, 11) is 0. The SMILES string of the molecule is CCOC(=O)c1ccc(/C=C/C(=O)OC(C)(C)C)s1. The van der Waals surface area contributed by atoms with Crippen molar-refractivity contribution in [2.45, 2.75) is 33.3 Å². The zero-order valence-corrected chi connectivity index (χ0v) is 12.4. The fourth-order valence-electron chi connectivity index (χ4n) is 1.24. The normalized spacial score (nSPS) is 11.6. The Kier molecular flexibility index (Phi) is 5.30. The Morgan fingerprint density at radius 3 is 2.58 bits per heavy atom. The molecule has 0 saturated heterocycles. The Hall–Kier alpha value is -1.62. The average Bonchev–Trinajstić information content (AvgIpc) is 2.73. The van der Waals surface area contributed by atoms with Gasteiger partial charge in [-0.2, -0.15) is 0 Å². The first kappa shape index (κ1) is 15.4. The lowest BCUT2D eigenvalue weighted by atomic mass is 10.2. The Balaban J connectivity index is 2.63. The van der Waals surface area contributed by atoms with Gasteiger partial charge in [-0.05, 0) is 45.9 Å². The Morgan fingerprint density at radius 2 is 2.00 bits per heavy atom. The minimum Gasteiger partial charge on any atom is -0.462 e. The second-order valence-electron chi connectivity index (χ2n) is 4.79. The third-order valence-corrected chi connectivity index (χ3v) is 2.92. The standard InChI is InChI=1S/C14H18O4S/c1-5-17-13(16)11-8-6-10(19-11)7-9-12(15)18-14(2,3)4/h6-9H,5H2,1-4H3/b9-7+. The van der Waals surface area contributed by atoms with Crippen molar-refractivity contribution in [3.05, 3.63) is 28.0 Å². The van der Waals surface area contributed by atoms with Crippen LogP contribution in [0.1, 0.15) is 42.2 Å². The van der Waals surface area contributed by atoms with Gasteiger partial charge in [0.1, 0.15) is 10.5 Å². The molecule has 0 spiro atoms. The van der Waals surface area contributed by atoms with Crippen LogP contribution in [0.2, 0.25) is 0 Å². The summed E-state index contributed by atoms with van der Waals surface area (Å²) in [6.45, 7) is 7.53. The molecule has 0 radical (unpaired) electrons. The van der Waals surface area contributed by atoms with Crippen molar-refractivity contribution >= 4 is 29.4 Å². The van der Waals surface area contributed by atoms with E-state index in [9.17, 15) is 9.59 Å². The number of carbonyl (C=O) groups excluding carboxylic acids is 2. The predicted molar refractivity (Wildman–Crippen MR) is 75.2 cm³/mol. The lowest BCUT2D eigenvalue weighted by molar-refractivity contribution is -0.148. The number of esters is 2.